The zero-order valence-corrected chi connectivity index (χ0v) is 66.1. The van der Waals surface area contributed by atoms with E-state index in [-0.39, 0.29) is 12.3 Å². The molecule has 0 radical (unpaired) electrons. The van der Waals surface area contributed by atoms with Gasteiger partial charge in [-0.05, 0) is 44.9 Å². The highest BCUT2D eigenvalue weighted by atomic mass is 16.8. The van der Waals surface area contributed by atoms with Gasteiger partial charge in [0.15, 0.2) is 12.6 Å². The Kier molecular flexibility index (Phi) is 56.7. The number of carboxylic acids is 1. The lowest BCUT2D eigenvalue weighted by Crippen LogP contribution is -2.70. The number of carbonyl (C=O) groups excluding carboxylic acids is 2. The molecule has 0 aliphatic carbocycles. The summed E-state index contributed by atoms with van der Waals surface area (Å²) in [6.45, 7) is 2.20. The SMILES string of the molecule is CCCCCCCCCCCCCC/C=C\CCCCCCCCCCCCCCC(=O)NC(COC1OC(CO)C(OC2OC(CO)C(O)C(OC3(C(=O)O)CC(O)C(NC(C)=O)C(C(O)C(O)CO)O3)C2O)C(O)C1O)C(O)/C=C/CCCCCCCCCCCCCCCCCCCCCCCC. The molecule has 0 aromatic heterocycles. The molecular formula is C83H154N2O21. The maximum atomic E-state index is 13.6. The standard InChI is InChI=1S/C83H154N2O21/c1-4-6-8-10-12-14-16-18-20-22-24-26-28-30-31-32-33-35-37-39-41-43-45-47-49-51-53-55-57-70(93)85-64(65(90)56-54-52-50-48-46-44-42-40-38-36-34-29-27-25-23-21-19-17-15-13-11-9-7-5-2)62-101-80-75(97)74(96)77(69(61-88)103-80)104-81-76(98)79(73(95)68(60-87)102-81)106-83(82(99)100)58-66(91)71(84-63(3)89)78(105-83)72(94)67(92)59-86/h30-31,54,56,64-69,71-81,86-88,90-92,94-98H,4-29,32-53,55,57-62H2,1-3H3,(H,84,89)(H,85,93)(H,99,100)/b31-30-,56-54+. The highest BCUT2D eigenvalue weighted by Gasteiger charge is 2.60. The highest BCUT2D eigenvalue weighted by Crippen LogP contribution is 2.39. The van der Waals surface area contributed by atoms with E-state index >= 15 is 0 Å². The molecule has 622 valence electrons. The van der Waals surface area contributed by atoms with Crippen molar-refractivity contribution in [1.82, 2.24) is 10.6 Å². The number of carboxylic acid groups (broad SMARTS) is 1. The number of carbonyl (C=O) groups is 3. The molecule has 2 amide bonds. The Morgan fingerprint density at radius 1 is 0.491 bits per heavy atom. The third-order valence-electron chi connectivity index (χ3n) is 21.6. The lowest BCUT2D eigenvalue weighted by atomic mass is 9.88. The van der Waals surface area contributed by atoms with Gasteiger partial charge in [-0.1, -0.05) is 308 Å². The number of hydrogen-bond acceptors (Lipinski definition) is 20. The van der Waals surface area contributed by atoms with E-state index in [1.807, 2.05) is 6.08 Å². The fourth-order valence-corrected chi connectivity index (χ4v) is 14.9. The Morgan fingerprint density at radius 3 is 1.28 bits per heavy atom. The number of aliphatic carboxylic acids is 1. The van der Waals surface area contributed by atoms with Crippen LogP contribution in [0.25, 0.3) is 0 Å². The van der Waals surface area contributed by atoms with Gasteiger partial charge in [-0.2, -0.15) is 0 Å². The lowest BCUT2D eigenvalue weighted by Gasteiger charge is -2.50. The van der Waals surface area contributed by atoms with Gasteiger partial charge in [0.2, 0.25) is 11.8 Å². The van der Waals surface area contributed by atoms with Crippen molar-refractivity contribution < 1.29 is 104 Å². The molecule has 106 heavy (non-hydrogen) atoms. The van der Waals surface area contributed by atoms with E-state index in [4.69, 9.17) is 28.4 Å². The second-order valence-corrected chi connectivity index (χ2v) is 31.0. The number of hydrogen-bond donors (Lipinski definition) is 14. The predicted octanol–water partition coefficient (Wildman–Crippen LogP) is 12.3. The molecule has 18 unspecified atom stereocenters. The van der Waals surface area contributed by atoms with Crippen LogP contribution in [0.2, 0.25) is 0 Å². The first-order valence-electron chi connectivity index (χ1n) is 42.7. The van der Waals surface area contributed by atoms with Crippen molar-refractivity contribution in [2.75, 3.05) is 26.4 Å². The Morgan fingerprint density at radius 2 is 0.887 bits per heavy atom. The normalized spacial score (nSPS) is 26.2. The van der Waals surface area contributed by atoms with Gasteiger partial charge in [0.05, 0.1) is 50.7 Å². The Hall–Kier alpha value is -2.79. The molecule has 3 aliphatic heterocycles. The second kappa shape index (κ2) is 61.8. The smallest absolute Gasteiger partial charge is 0.364 e. The summed E-state index contributed by atoms with van der Waals surface area (Å²) >= 11 is 0. The van der Waals surface area contributed by atoms with Crippen LogP contribution in [0.3, 0.4) is 0 Å². The van der Waals surface area contributed by atoms with Gasteiger partial charge in [-0.3, -0.25) is 9.59 Å². The Bertz CT molecular complexity index is 2200. The van der Waals surface area contributed by atoms with Crippen molar-refractivity contribution in [2.24, 2.45) is 0 Å². The van der Waals surface area contributed by atoms with Crippen LogP contribution in [0.5, 0.6) is 0 Å². The maximum Gasteiger partial charge on any atom is 0.364 e. The first kappa shape index (κ1) is 97.4. The van der Waals surface area contributed by atoms with E-state index in [9.17, 15) is 75.7 Å². The summed E-state index contributed by atoms with van der Waals surface area (Å²) in [6.07, 6.45) is 40.7. The molecule has 3 aliphatic rings. The van der Waals surface area contributed by atoms with E-state index in [0.29, 0.717) is 12.8 Å². The molecule has 0 bridgehead atoms. The minimum atomic E-state index is -3.08. The minimum absolute atomic E-state index is 0.202. The Labute approximate surface area is 638 Å². The molecular weight excluding hydrogens is 1360 g/mol. The zero-order chi connectivity index (χ0) is 77.4. The second-order valence-electron chi connectivity index (χ2n) is 31.0. The summed E-state index contributed by atoms with van der Waals surface area (Å²) in [4.78, 5) is 38.7. The van der Waals surface area contributed by atoms with Crippen LogP contribution in [0.1, 0.15) is 348 Å². The van der Waals surface area contributed by atoms with Crippen LogP contribution in [0.15, 0.2) is 24.3 Å². The molecule has 23 nitrogen and oxygen atoms in total. The van der Waals surface area contributed by atoms with Crippen molar-refractivity contribution >= 4 is 17.8 Å². The van der Waals surface area contributed by atoms with Crippen LogP contribution in [0.4, 0.5) is 0 Å². The molecule has 0 aromatic carbocycles. The molecule has 0 spiro atoms. The van der Waals surface area contributed by atoms with E-state index < -0.39 is 155 Å². The topological polar surface area (TPSA) is 373 Å². The minimum Gasteiger partial charge on any atom is -0.477 e. The van der Waals surface area contributed by atoms with E-state index in [0.717, 1.165) is 51.9 Å². The molecule has 14 N–H and O–H groups in total. The van der Waals surface area contributed by atoms with Crippen molar-refractivity contribution in [3.8, 4) is 0 Å². The summed E-state index contributed by atoms with van der Waals surface area (Å²) in [5.41, 5.74) is 0. The molecule has 18 atom stereocenters. The maximum absolute atomic E-state index is 13.6. The highest BCUT2D eigenvalue weighted by molar-refractivity contribution is 5.77. The molecule has 0 aromatic rings. The number of amides is 2. The largest absolute Gasteiger partial charge is 0.477 e. The first-order chi connectivity index (χ1) is 51.4. The zero-order valence-electron chi connectivity index (χ0n) is 66.1. The first-order valence-corrected chi connectivity index (χ1v) is 42.7. The summed E-state index contributed by atoms with van der Waals surface area (Å²) in [6, 6.07) is -2.62. The van der Waals surface area contributed by atoms with Gasteiger partial charge < -0.3 is 100 Å². The number of unbranched alkanes of at least 4 members (excludes halogenated alkanes) is 46. The van der Waals surface area contributed by atoms with Crippen LogP contribution in [-0.4, -0.2) is 215 Å². The van der Waals surface area contributed by atoms with Crippen LogP contribution >= 0.6 is 0 Å². The van der Waals surface area contributed by atoms with E-state index in [1.54, 1.807) is 6.08 Å². The lowest BCUT2D eigenvalue weighted by molar-refractivity contribution is -0.386. The molecule has 0 saturated carbocycles. The summed E-state index contributed by atoms with van der Waals surface area (Å²) in [5, 5.41) is 137. The summed E-state index contributed by atoms with van der Waals surface area (Å²) in [5.74, 6) is -6.14. The average Bonchev–Trinajstić information content (AvgIpc) is 0.754. The van der Waals surface area contributed by atoms with Crippen LogP contribution in [0, 0.1) is 0 Å². The fourth-order valence-electron chi connectivity index (χ4n) is 14.9. The number of ether oxygens (including phenoxy) is 6. The number of aliphatic hydroxyl groups is 11. The third kappa shape index (κ3) is 41.1. The molecule has 3 rings (SSSR count). The van der Waals surface area contributed by atoms with Gasteiger partial charge >= 0.3 is 5.97 Å². The summed E-state index contributed by atoms with van der Waals surface area (Å²) < 4.78 is 35.0. The average molecular weight is 1520 g/mol. The predicted molar refractivity (Wildman–Crippen MR) is 412 cm³/mol. The van der Waals surface area contributed by atoms with Crippen molar-refractivity contribution in [2.45, 2.75) is 458 Å². The summed E-state index contributed by atoms with van der Waals surface area (Å²) in [7, 11) is 0. The van der Waals surface area contributed by atoms with Crippen LogP contribution < -0.4 is 10.6 Å². The van der Waals surface area contributed by atoms with Crippen LogP contribution in [-0.2, 0) is 42.8 Å². The van der Waals surface area contributed by atoms with E-state index in [1.165, 1.54) is 257 Å². The fraction of sp³-hybridized carbons (Fsp3) is 0.916. The third-order valence-corrected chi connectivity index (χ3v) is 21.6. The Balaban J connectivity index is 1.50. The molecule has 3 fully saturated rings. The van der Waals surface area contributed by atoms with Crippen molar-refractivity contribution in [1.29, 1.82) is 0 Å². The molecule has 3 saturated heterocycles. The number of allylic oxidation sites excluding steroid dienone is 3. The van der Waals surface area contributed by atoms with E-state index in [2.05, 4.69) is 36.6 Å². The van der Waals surface area contributed by atoms with Gasteiger partial charge in [-0.15, -0.1) is 0 Å². The number of rotatable bonds is 68. The van der Waals surface area contributed by atoms with Gasteiger partial charge in [0, 0.05) is 19.8 Å². The van der Waals surface area contributed by atoms with Gasteiger partial charge in [0.25, 0.3) is 5.79 Å². The van der Waals surface area contributed by atoms with Gasteiger partial charge in [0.1, 0.15) is 67.1 Å². The molecule has 23 heteroatoms. The van der Waals surface area contributed by atoms with Crippen molar-refractivity contribution in [3.63, 3.8) is 0 Å². The van der Waals surface area contributed by atoms with Crippen molar-refractivity contribution in [3.05, 3.63) is 24.3 Å². The molecule has 3 heterocycles. The number of aliphatic hydroxyl groups excluding tert-OH is 11. The monoisotopic (exact) mass is 1520 g/mol. The quantitative estimate of drug-likeness (QED) is 0.0199. The van der Waals surface area contributed by atoms with Gasteiger partial charge in [-0.25, -0.2) is 4.79 Å². The number of nitrogens with one attached hydrogen (secondary N) is 2.